The Morgan fingerprint density at radius 3 is 2.88 bits per heavy atom. The topological polar surface area (TPSA) is 96.5 Å². The minimum absolute atomic E-state index is 0.116. The lowest BCUT2D eigenvalue weighted by Gasteiger charge is -2.18. The molecule has 0 unspecified atom stereocenters. The molecule has 0 bridgehead atoms. The predicted molar refractivity (Wildman–Crippen MR) is 62.0 cm³/mol. The van der Waals surface area contributed by atoms with E-state index in [2.05, 4.69) is 15.6 Å². The van der Waals surface area contributed by atoms with E-state index in [0.717, 1.165) is 11.6 Å². The summed E-state index contributed by atoms with van der Waals surface area (Å²) in [6.07, 6.45) is 0. The second kappa shape index (κ2) is 7.47. The van der Waals surface area contributed by atoms with E-state index >= 15 is 0 Å². The van der Waals surface area contributed by atoms with Crippen molar-refractivity contribution in [2.24, 2.45) is 5.84 Å². The van der Waals surface area contributed by atoms with Gasteiger partial charge >= 0.3 is 0 Å². The molecule has 16 heavy (non-hydrogen) atoms. The van der Waals surface area contributed by atoms with Crippen LogP contribution in [0.2, 0.25) is 0 Å². The van der Waals surface area contributed by atoms with Gasteiger partial charge < -0.3 is 9.84 Å². The second-order valence-corrected chi connectivity index (χ2v) is 4.20. The molecule has 4 N–H and O–H groups in total. The van der Waals surface area contributed by atoms with Crippen molar-refractivity contribution in [3.63, 3.8) is 0 Å². The van der Waals surface area contributed by atoms with Crippen LogP contribution in [0.5, 0.6) is 0 Å². The Hall–Kier alpha value is -0.800. The smallest absolute Gasteiger partial charge is 0.219 e. The molecule has 0 aromatic carbocycles. The van der Waals surface area contributed by atoms with Gasteiger partial charge in [-0.15, -0.1) is 10.2 Å². The summed E-state index contributed by atoms with van der Waals surface area (Å²) in [4.78, 5) is 2.05. The molecule has 0 saturated carbocycles. The monoisotopic (exact) mass is 247 g/mol. The first-order chi connectivity index (χ1) is 7.80. The minimum Gasteiger partial charge on any atom is -0.395 e. The van der Waals surface area contributed by atoms with Gasteiger partial charge in [0.1, 0.15) is 5.01 Å². The molecule has 7 nitrogen and oxygen atoms in total. The number of ether oxygens (including phenoxy) is 1. The van der Waals surface area contributed by atoms with Crippen LogP contribution in [-0.2, 0) is 11.3 Å². The normalized spacial score (nSPS) is 11.0. The molecular weight excluding hydrogens is 230 g/mol. The van der Waals surface area contributed by atoms with Crippen molar-refractivity contribution in [1.82, 2.24) is 15.1 Å². The highest BCUT2D eigenvalue weighted by Crippen LogP contribution is 2.15. The van der Waals surface area contributed by atoms with Gasteiger partial charge in [0.2, 0.25) is 5.13 Å². The number of nitrogens with one attached hydrogen (secondary N) is 1. The molecule has 0 spiro atoms. The Bertz CT molecular complexity index is 296. The van der Waals surface area contributed by atoms with E-state index in [1.165, 1.54) is 11.3 Å². The molecule has 1 aromatic heterocycles. The van der Waals surface area contributed by atoms with Crippen molar-refractivity contribution in [3.8, 4) is 0 Å². The van der Waals surface area contributed by atoms with Crippen molar-refractivity contribution in [1.29, 1.82) is 0 Å². The average Bonchev–Trinajstić information content (AvgIpc) is 2.74. The van der Waals surface area contributed by atoms with Gasteiger partial charge in [-0.3, -0.25) is 10.3 Å². The molecule has 1 heterocycles. The van der Waals surface area contributed by atoms with Crippen LogP contribution in [0.15, 0.2) is 0 Å². The summed E-state index contributed by atoms with van der Waals surface area (Å²) in [5.74, 6) is 5.22. The fourth-order valence-corrected chi connectivity index (χ4v) is 1.89. The van der Waals surface area contributed by atoms with Crippen LogP contribution >= 0.6 is 11.3 Å². The number of methoxy groups -OCH3 is 1. The average molecular weight is 247 g/mol. The number of hydrogen-bond acceptors (Lipinski definition) is 8. The van der Waals surface area contributed by atoms with E-state index in [4.69, 9.17) is 15.7 Å². The second-order valence-electron chi connectivity index (χ2n) is 3.14. The lowest BCUT2D eigenvalue weighted by atomic mass is 10.4. The molecule has 92 valence electrons. The third-order valence-corrected chi connectivity index (χ3v) is 2.82. The minimum atomic E-state index is 0.116. The number of hydrogen-bond donors (Lipinski definition) is 3. The molecule has 0 fully saturated rings. The van der Waals surface area contributed by atoms with E-state index in [1.54, 1.807) is 7.11 Å². The van der Waals surface area contributed by atoms with Crippen molar-refractivity contribution in [2.75, 3.05) is 38.8 Å². The zero-order valence-electron chi connectivity index (χ0n) is 9.22. The fraction of sp³-hybridized carbons (Fsp3) is 0.750. The van der Waals surface area contributed by atoms with Crippen molar-refractivity contribution < 1.29 is 9.84 Å². The maximum Gasteiger partial charge on any atom is 0.219 e. The zero-order valence-corrected chi connectivity index (χ0v) is 10.0. The summed E-state index contributed by atoms with van der Waals surface area (Å²) >= 11 is 1.40. The van der Waals surface area contributed by atoms with Crippen LogP contribution in [0, 0.1) is 0 Å². The lowest BCUT2D eigenvalue weighted by molar-refractivity contribution is 0.126. The molecular formula is C8H17N5O2S. The van der Waals surface area contributed by atoms with Gasteiger partial charge in [0.25, 0.3) is 0 Å². The maximum atomic E-state index is 8.92. The third kappa shape index (κ3) is 4.37. The number of anilines is 1. The highest BCUT2D eigenvalue weighted by atomic mass is 32.1. The highest BCUT2D eigenvalue weighted by Gasteiger charge is 2.09. The molecule has 0 amide bonds. The molecule has 1 aromatic rings. The predicted octanol–water partition coefficient (Wildman–Crippen LogP) is -0.736. The van der Waals surface area contributed by atoms with Gasteiger partial charge in [-0.25, -0.2) is 5.84 Å². The first kappa shape index (κ1) is 13.3. The Kier molecular flexibility index (Phi) is 6.19. The van der Waals surface area contributed by atoms with E-state index in [1.807, 2.05) is 4.90 Å². The number of aliphatic hydroxyl groups is 1. The molecule has 0 atom stereocenters. The summed E-state index contributed by atoms with van der Waals surface area (Å²) in [5.41, 5.74) is 2.45. The zero-order chi connectivity index (χ0) is 11.8. The maximum absolute atomic E-state index is 8.92. The lowest BCUT2D eigenvalue weighted by Crippen LogP contribution is -2.29. The van der Waals surface area contributed by atoms with Gasteiger partial charge in [0, 0.05) is 20.2 Å². The van der Waals surface area contributed by atoms with Crippen LogP contribution in [0.1, 0.15) is 5.01 Å². The van der Waals surface area contributed by atoms with Crippen LogP contribution in [0.4, 0.5) is 5.13 Å². The highest BCUT2D eigenvalue weighted by molar-refractivity contribution is 7.15. The number of nitrogens with two attached hydrogens (primary N) is 1. The summed E-state index contributed by atoms with van der Waals surface area (Å²) in [6.45, 7) is 2.73. The summed E-state index contributed by atoms with van der Waals surface area (Å²) < 4.78 is 4.99. The number of aliphatic hydroxyl groups excluding tert-OH is 1. The Labute approximate surface area is 98.2 Å². The molecule has 0 aliphatic rings. The third-order valence-electron chi connectivity index (χ3n) is 1.98. The first-order valence-corrected chi connectivity index (χ1v) is 5.73. The van der Waals surface area contributed by atoms with E-state index in [0.29, 0.717) is 24.8 Å². The quantitative estimate of drug-likeness (QED) is 0.411. The Morgan fingerprint density at radius 2 is 2.31 bits per heavy atom. The molecule has 8 heteroatoms. The Morgan fingerprint density at radius 1 is 1.50 bits per heavy atom. The van der Waals surface area contributed by atoms with Crippen LogP contribution < -0.4 is 11.3 Å². The Balaban J connectivity index is 2.46. The number of nitrogens with zero attached hydrogens (tertiary/aromatic N) is 3. The van der Waals surface area contributed by atoms with E-state index in [-0.39, 0.29) is 6.61 Å². The number of aromatic nitrogens is 2. The summed E-state index contributed by atoms with van der Waals surface area (Å²) in [6, 6.07) is 0. The van der Waals surface area contributed by atoms with Crippen LogP contribution in [0.25, 0.3) is 0 Å². The van der Waals surface area contributed by atoms with Crippen molar-refractivity contribution in [2.45, 2.75) is 6.54 Å². The van der Waals surface area contributed by atoms with Crippen LogP contribution in [-0.4, -0.2) is 53.6 Å². The van der Waals surface area contributed by atoms with Gasteiger partial charge in [0.15, 0.2) is 0 Å². The van der Waals surface area contributed by atoms with Gasteiger partial charge in [0.05, 0.1) is 19.8 Å². The summed E-state index contributed by atoms with van der Waals surface area (Å²) in [7, 11) is 1.65. The number of hydrazine groups is 1. The fourth-order valence-electron chi connectivity index (χ4n) is 1.20. The molecule has 0 saturated heterocycles. The molecule has 0 aliphatic carbocycles. The van der Waals surface area contributed by atoms with Crippen molar-refractivity contribution in [3.05, 3.63) is 5.01 Å². The number of rotatable bonds is 8. The van der Waals surface area contributed by atoms with Crippen molar-refractivity contribution >= 4 is 16.5 Å². The molecule has 1 rings (SSSR count). The van der Waals surface area contributed by atoms with Gasteiger partial charge in [-0.1, -0.05) is 11.3 Å². The summed E-state index contributed by atoms with van der Waals surface area (Å²) in [5, 5.41) is 18.2. The SMILES string of the molecule is COCCN(CCO)Cc1nnc(NN)s1. The van der Waals surface area contributed by atoms with E-state index in [9.17, 15) is 0 Å². The van der Waals surface area contributed by atoms with Crippen LogP contribution in [0.3, 0.4) is 0 Å². The molecule has 0 aliphatic heterocycles. The number of nitrogen functional groups attached to an aromatic ring is 1. The van der Waals surface area contributed by atoms with E-state index < -0.39 is 0 Å². The van der Waals surface area contributed by atoms with Gasteiger partial charge in [-0.05, 0) is 0 Å². The molecule has 0 radical (unpaired) electrons. The standard InChI is InChI=1S/C8H17N5O2S/c1-15-5-3-13(2-4-14)6-7-11-12-8(10-9)16-7/h14H,2-6,9H2,1H3,(H,10,12). The largest absolute Gasteiger partial charge is 0.395 e. The van der Waals surface area contributed by atoms with Gasteiger partial charge in [-0.2, -0.15) is 0 Å². The first-order valence-electron chi connectivity index (χ1n) is 4.91.